The number of aliphatic hydroxyl groups excluding tert-OH is 1. The van der Waals surface area contributed by atoms with Crippen LogP contribution in [-0.4, -0.2) is 37.2 Å². The highest BCUT2D eigenvalue weighted by Crippen LogP contribution is 2.28. The molecule has 126 valence electrons. The Morgan fingerprint density at radius 3 is 2.00 bits per heavy atom. The van der Waals surface area contributed by atoms with E-state index in [1.165, 1.54) is 0 Å². The number of hydrogen-bond donors (Lipinski definition) is 1. The molecule has 3 unspecified atom stereocenters. The van der Waals surface area contributed by atoms with E-state index in [2.05, 4.69) is 6.07 Å². The van der Waals surface area contributed by atoms with Crippen molar-refractivity contribution in [1.82, 2.24) is 4.90 Å². The molecule has 0 saturated carbocycles. The molecule has 4 heteroatoms. The van der Waals surface area contributed by atoms with Crippen molar-refractivity contribution >= 4 is 5.69 Å². The zero-order valence-corrected chi connectivity index (χ0v) is 14.7. The summed E-state index contributed by atoms with van der Waals surface area (Å²) in [6.45, 7) is 1.94. The predicted octanol–water partition coefficient (Wildman–Crippen LogP) is 3.37. The van der Waals surface area contributed by atoms with Crippen molar-refractivity contribution in [1.29, 1.82) is 5.26 Å². The van der Waals surface area contributed by atoms with Gasteiger partial charge < -0.3 is 10.0 Å². The van der Waals surface area contributed by atoms with Gasteiger partial charge in [0.05, 0.1) is 12.2 Å². The zero-order chi connectivity index (χ0) is 17.7. The number of nitrogens with zero attached hydrogens (tertiary/aromatic N) is 3. The van der Waals surface area contributed by atoms with E-state index in [1.54, 1.807) is 0 Å². The van der Waals surface area contributed by atoms with Gasteiger partial charge in [0.25, 0.3) is 0 Å². The summed E-state index contributed by atoms with van der Waals surface area (Å²) in [6, 6.07) is 19.3. The second kappa shape index (κ2) is 7.96. The fraction of sp³-hybridized carbons (Fsp3) is 0.350. The standard InChI is InChI=1S/C20H25N3O/c1-15(20(24)17-8-6-5-7-9-17)23(4)19(14-21)16-10-12-18(13-11-16)22(2)3/h5-13,15,19-20,24H,1-4H3. The normalized spacial score (nSPS) is 14.7. The summed E-state index contributed by atoms with van der Waals surface area (Å²) in [4.78, 5) is 3.94. The number of aliphatic hydroxyl groups is 1. The number of anilines is 1. The van der Waals surface area contributed by atoms with E-state index in [0.717, 1.165) is 16.8 Å². The number of nitriles is 1. The fourth-order valence-electron chi connectivity index (χ4n) is 2.74. The van der Waals surface area contributed by atoms with E-state index in [-0.39, 0.29) is 6.04 Å². The first-order chi connectivity index (χ1) is 11.5. The fourth-order valence-corrected chi connectivity index (χ4v) is 2.74. The van der Waals surface area contributed by atoms with E-state index in [0.29, 0.717) is 0 Å². The lowest BCUT2D eigenvalue weighted by atomic mass is 9.99. The Hall–Kier alpha value is -2.35. The van der Waals surface area contributed by atoms with E-state index < -0.39 is 12.1 Å². The number of rotatable bonds is 6. The molecule has 1 N–H and O–H groups in total. The van der Waals surface area contributed by atoms with Crippen molar-refractivity contribution in [2.24, 2.45) is 0 Å². The van der Waals surface area contributed by atoms with E-state index >= 15 is 0 Å². The molecule has 0 aliphatic heterocycles. The number of hydrogen-bond acceptors (Lipinski definition) is 4. The quantitative estimate of drug-likeness (QED) is 0.885. The smallest absolute Gasteiger partial charge is 0.123 e. The summed E-state index contributed by atoms with van der Waals surface area (Å²) < 4.78 is 0. The van der Waals surface area contributed by atoms with Gasteiger partial charge >= 0.3 is 0 Å². The summed E-state index contributed by atoms with van der Waals surface area (Å²) in [7, 11) is 5.85. The molecule has 0 radical (unpaired) electrons. The summed E-state index contributed by atoms with van der Waals surface area (Å²) in [5, 5.41) is 20.3. The van der Waals surface area contributed by atoms with Crippen LogP contribution >= 0.6 is 0 Å². The van der Waals surface area contributed by atoms with Gasteiger partial charge in [-0.25, -0.2) is 0 Å². The molecule has 2 aromatic rings. The van der Waals surface area contributed by atoms with E-state index in [1.807, 2.05) is 92.5 Å². The number of benzene rings is 2. The highest BCUT2D eigenvalue weighted by atomic mass is 16.3. The first kappa shape index (κ1) is 18.0. The maximum atomic E-state index is 10.6. The molecule has 3 atom stereocenters. The molecule has 0 amide bonds. The third-order valence-electron chi connectivity index (χ3n) is 4.50. The van der Waals surface area contributed by atoms with E-state index in [4.69, 9.17) is 0 Å². The topological polar surface area (TPSA) is 50.5 Å². The van der Waals surface area contributed by atoms with Crippen LogP contribution in [0.1, 0.15) is 30.2 Å². The van der Waals surface area contributed by atoms with Crippen LogP contribution < -0.4 is 4.90 Å². The van der Waals surface area contributed by atoms with Crippen LogP contribution in [0, 0.1) is 11.3 Å². The molecule has 0 fully saturated rings. The molecule has 2 aromatic carbocycles. The molecule has 0 saturated heterocycles. The van der Waals surface area contributed by atoms with E-state index in [9.17, 15) is 10.4 Å². The van der Waals surface area contributed by atoms with Crippen molar-refractivity contribution in [3.05, 3.63) is 65.7 Å². The molecular weight excluding hydrogens is 298 g/mol. The summed E-state index contributed by atoms with van der Waals surface area (Å²) in [6.07, 6.45) is -0.645. The van der Waals surface area contributed by atoms with Crippen LogP contribution in [0.2, 0.25) is 0 Å². The van der Waals surface area contributed by atoms with Gasteiger partial charge in [0.2, 0.25) is 0 Å². The largest absolute Gasteiger partial charge is 0.387 e. The minimum Gasteiger partial charge on any atom is -0.387 e. The maximum absolute atomic E-state index is 10.6. The Morgan fingerprint density at radius 2 is 1.50 bits per heavy atom. The summed E-state index contributed by atoms with van der Waals surface area (Å²) in [5.41, 5.74) is 2.88. The molecule has 0 heterocycles. The minimum absolute atomic E-state index is 0.189. The minimum atomic E-state index is -0.645. The molecule has 0 aliphatic rings. The highest BCUT2D eigenvalue weighted by Gasteiger charge is 2.27. The lowest BCUT2D eigenvalue weighted by molar-refractivity contribution is 0.0605. The van der Waals surface area contributed by atoms with Crippen molar-refractivity contribution < 1.29 is 5.11 Å². The third-order valence-corrected chi connectivity index (χ3v) is 4.50. The first-order valence-electron chi connectivity index (χ1n) is 8.07. The number of likely N-dealkylation sites (N-methyl/N-ethyl adjacent to an activating group) is 1. The van der Waals surface area contributed by atoms with Crippen LogP contribution in [0.4, 0.5) is 5.69 Å². The van der Waals surface area contributed by atoms with Crippen molar-refractivity contribution in [2.45, 2.75) is 25.1 Å². The van der Waals surface area contributed by atoms with Gasteiger partial charge in [0, 0.05) is 25.8 Å². The van der Waals surface area contributed by atoms with Crippen LogP contribution in [-0.2, 0) is 0 Å². The van der Waals surface area contributed by atoms with Gasteiger partial charge in [0.15, 0.2) is 0 Å². The molecule has 24 heavy (non-hydrogen) atoms. The van der Waals surface area contributed by atoms with Gasteiger partial charge in [-0.05, 0) is 37.2 Å². The third kappa shape index (κ3) is 3.94. The summed E-state index contributed by atoms with van der Waals surface area (Å²) in [5.74, 6) is 0. The van der Waals surface area contributed by atoms with Crippen LogP contribution in [0.25, 0.3) is 0 Å². The molecule has 0 spiro atoms. The van der Waals surface area contributed by atoms with Gasteiger partial charge in [-0.15, -0.1) is 0 Å². The predicted molar refractivity (Wildman–Crippen MR) is 97.7 cm³/mol. The second-order valence-corrected chi connectivity index (χ2v) is 6.28. The van der Waals surface area contributed by atoms with Crippen molar-refractivity contribution in [2.75, 3.05) is 26.0 Å². The van der Waals surface area contributed by atoms with Crippen LogP contribution in [0.3, 0.4) is 0 Å². The van der Waals surface area contributed by atoms with Gasteiger partial charge in [-0.2, -0.15) is 5.26 Å². The average molecular weight is 323 g/mol. The van der Waals surface area contributed by atoms with Gasteiger partial charge in [0.1, 0.15) is 6.04 Å². The Kier molecular flexibility index (Phi) is 5.97. The van der Waals surface area contributed by atoms with Crippen LogP contribution in [0.5, 0.6) is 0 Å². The Bertz CT molecular complexity index is 676. The van der Waals surface area contributed by atoms with Crippen molar-refractivity contribution in [3.63, 3.8) is 0 Å². The Labute approximate surface area is 144 Å². The first-order valence-corrected chi connectivity index (χ1v) is 8.07. The highest BCUT2D eigenvalue weighted by molar-refractivity contribution is 5.47. The lowest BCUT2D eigenvalue weighted by Gasteiger charge is -2.32. The Balaban J connectivity index is 2.19. The molecule has 0 aliphatic carbocycles. The molecule has 0 aromatic heterocycles. The second-order valence-electron chi connectivity index (χ2n) is 6.28. The molecule has 2 rings (SSSR count). The summed E-state index contributed by atoms with van der Waals surface area (Å²) >= 11 is 0. The van der Waals surface area contributed by atoms with Gasteiger partial charge in [-0.3, -0.25) is 4.90 Å². The monoisotopic (exact) mass is 323 g/mol. The molecule has 4 nitrogen and oxygen atoms in total. The van der Waals surface area contributed by atoms with Crippen molar-refractivity contribution in [3.8, 4) is 6.07 Å². The maximum Gasteiger partial charge on any atom is 0.123 e. The molecular formula is C20H25N3O. The zero-order valence-electron chi connectivity index (χ0n) is 14.7. The SMILES string of the molecule is CC(C(O)c1ccccc1)N(C)C(C#N)c1ccc(N(C)C)cc1. The van der Waals surface area contributed by atoms with Gasteiger partial charge in [-0.1, -0.05) is 42.5 Å². The lowest BCUT2D eigenvalue weighted by Crippen LogP contribution is -2.37. The Morgan fingerprint density at radius 1 is 0.917 bits per heavy atom. The molecule has 0 bridgehead atoms. The van der Waals surface area contributed by atoms with Crippen LogP contribution in [0.15, 0.2) is 54.6 Å². The average Bonchev–Trinajstić information content (AvgIpc) is 2.62.